The Kier molecular flexibility index (Phi) is 4.62. The third-order valence-electron chi connectivity index (χ3n) is 2.53. The zero-order valence-electron chi connectivity index (χ0n) is 9.73. The molecule has 0 unspecified atom stereocenters. The summed E-state index contributed by atoms with van der Waals surface area (Å²) >= 11 is 4.99. The number of nitro benzene ring substituents is 1. The van der Waals surface area contributed by atoms with Gasteiger partial charge in [-0.05, 0) is 39.5 Å². The molecule has 4 nitrogen and oxygen atoms in total. The summed E-state index contributed by atoms with van der Waals surface area (Å²) in [6.07, 6.45) is 0. The molecule has 2 rings (SSSR count). The molecule has 1 aromatic carbocycles. The predicted octanol–water partition coefficient (Wildman–Crippen LogP) is 3.85. The number of nitrogens with one attached hydrogen (secondary N) is 1. The lowest BCUT2D eigenvalue weighted by Gasteiger charge is -2.05. The molecule has 19 heavy (non-hydrogen) atoms. The molecule has 7 heteroatoms. The Labute approximate surface area is 121 Å². The molecule has 0 fully saturated rings. The Morgan fingerprint density at radius 1 is 1.37 bits per heavy atom. The smallest absolute Gasteiger partial charge is 0.274 e. The summed E-state index contributed by atoms with van der Waals surface area (Å²) in [5.74, 6) is -0.472. The van der Waals surface area contributed by atoms with E-state index in [1.807, 2.05) is 11.4 Å². The molecule has 0 aliphatic rings. The summed E-state index contributed by atoms with van der Waals surface area (Å²) in [6, 6.07) is 5.41. The minimum atomic E-state index is -0.502. The predicted molar refractivity (Wildman–Crippen MR) is 75.6 cm³/mol. The number of halogens is 2. The zero-order chi connectivity index (χ0) is 13.8. The first-order valence-corrected chi connectivity index (χ1v) is 7.10. The largest absolute Gasteiger partial charge is 0.307 e. The van der Waals surface area contributed by atoms with Crippen molar-refractivity contribution in [1.82, 2.24) is 5.32 Å². The van der Waals surface area contributed by atoms with Crippen molar-refractivity contribution in [1.29, 1.82) is 0 Å². The fraction of sp³-hybridized carbons (Fsp3) is 0.167. The van der Waals surface area contributed by atoms with Gasteiger partial charge in [-0.1, -0.05) is 0 Å². The maximum Gasteiger partial charge on any atom is 0.274 e. The highest BCUT2D eigenvalue weighted by Crippen LogP contribution is 2.23. The van der Waals surface area contributed by atoms with Crippen molar-refractivity contribution in [2.24, 2.45) is 0 Å². The van der Waals surface area contributed by atoms with Gasteiger partial charge < -0.3 is 5.32 Å². The number of nitrogens with zero attached hydrogens (tertiary/aromatic N) is 1. The number of benzene rings is 1. The Balaban J connectivity index is 2.05. The molecule has 0 amide bonds. The summed E-state index contributed by atoms with van der Waals surface area (Å²) in [6.45, 7) is 0.824. The number of thiophene rings is 1. The Morgan fingerprint density at radius 2 is 2.16 bits per heavy atom. The summed E-state index contributed by atoms with van der Waals surface area (Å²) in [7, 11) is 0. The lowest BCUT2D eigenvalue weighted by molar-refractivity contribution is -0.385. The van der Waals surface area contributed by atoms with E-state index in [4.69, 9.17) is 0 Å². The van der Waals surface area contributed by atoms with Gasteiger partial charge in [0.1, 0.15) is 5.82 Å². The van der Waals surface area contributed by atoms with E-state index >= 15 is 0 Å². The minimum Gasteiger partial charge on any atom is -0.307 e. The van der Waals surface area contributed by atoms with Crippen LogP contribution in [0.4, 0.5) is 10.1 Å². The number of hydrogen-bond acceptors (Lipinski definition) is 4. The van der Waals surface area contributed by atoms with Crippen LogP contribution in [0.5, 0.6) is 0 Å². The molecule has 1 heterocycles. The fourth-order valence-corrected chi connectivity index (χ4v) is 3.10. The van der Waals surface area contributed by atoms with E-state index in [1.54, 1.807) is 11.3 Å². The van der Waals surface area contributed by atoms with Gasteiger partial charge in [0.05, 0.1) is 4.92 Å². The Morgan fingerprint density at radius 3 is 2.79 bits per heavy atom. The van der Waals surface area contributed by atoms with E-state index in [9.17, 15) is 14.5 Å². The van der Waals surface area contributed by atoms with Crippen LogP contribution in [-0.2, 0) is 13.1 Å². The van der Waals surface area contributed by atoms with E-state index in [-0.39, 0.29) is 12.2 Å². The Bertz CT molecular complexity index is 603. The van der Waals surface area contributed by atoms with Crippen LogP contribution in [0.1, 0.15) is 10.4 Å². The quantitative estimate of drug-likeness (QED) is 0.662. The van der Waals surface area contributed by atoms with Crippen LogP contribution >= 0.6 is 27.3 Å². The van der Waals surface area contributed by atoms with Crippen molar-refractivity contribution < 1.29 is 9.31 Å². The van der Waals surface area contributed by atoms with E-state index in [1.165, 1.54) is 12.1 Å². The second kappa shape index (κ2) is 6.23. The maximum absolute atomic E-state index is 13.1. The van der Waals surface area contributed by atoms with Crippen LogP contribution in [0.2, 0.25) is 0 Å². The molecule has 100 valence electrons. The topological polar surface area (TPSA) is 55.2 Å². The van der Waals surface area contributed by atoms with Crippen LogP contribution in [0.25, 0.3) is 0 Å². The number of hydrogen-bond donors (Lipinski definition) is 1. The van der Waals surface area contributed by atoms with Crippen LogP contribution in [0.15, 0.2) is 34.1 Å². The molecule has 0 spiro atoms. The SMILES string of the molecule is O=[N+]([O-])c1ccc(F)cc1CNCc1sccc1Br. The standard InChI is InChI=1S/C12H10BrFN2O2S/c13-10-3-4-19-12(10)7-15-6-8-5-9(14)1-2-11(8)16(17)18/h1-5,15H,6-7H2. The highest BCUT2D eigenvalue weighted by Gasteiger charge is 2.14. The minimum absolute atomic E-state index is 0.0702. The molecule has 2 aromatic rings. The molecule has 0 aliphatic carbocycles. The molecular formula is C12H10BrFN2O2S. The fourth-order valence-electron chi connectivity index (χ4n) is 1.64. The highest BCUT2D eigenvalue weighted by atomic mass is 79.9. The second-order valence-electron chi connectivity index (χ2n) is 3.83. The number of rotatable bonds is 5. The van der Waals surface area contributed by atoms with Crippen molar-refractivity contribution in [3.63, 3.8) is 0 Å². The molecule has 0 aliphatic heterocycles. The van der Waals surface area contributed by atoms with Crippen LogP contribution in [-0.4, -0.2) is 4.92 Å². The van der Waals surface area contributed by atoms with Gasteiger partial charge in [-0.25, -0.2) is 4.39 Å². The third kappa shape index (κ3) is 3.59. The monoisotopic (exact) mass is 344 g/mol. The average Bonchev–Trinajstić information content (AvgIpc) is 2.75. The summed E-state index contributed by atoms with van der Waals surface area (Å²) in [4.78, 5) is 11.4. The van der Waals surface area contributed by atoms with Crippen molar-refractivity contribution in [3.05, 3.63) is 60.5 Å². The molecule has 0 saturated heterocycles. The van der Waals surface area contributed by atoms with Gasteiger partial charge in [0.25, 0.3) is 5.69 Å². The first-order chi connectivity index (χ1) is 9.08. The molecule has 0 atom stereocenters. The van der Waals surface area contributed by atoms with Gasteiger partial charge in [0.2, 0.25) is 0 Å². The first kappa shape index (κ1) is 14.1. The zero-order valence-corrected chi connectivity index (χ0v) is 12.1. The van der Waals surface area contributed by atoms with Crippen LogP contribution in [0, 0.1) is 15.9 Å². The van der Waals surface area contributed by atoms with E-state index < -0.39 is 10.7 Å². The van der Waals surface area contributed by atoms with Crippen molar-refractivity contribution in [2.45, 2.75) is 13.1 Å². The van der Waals surface area contributed by atoms with Gasteiger partial charge in [0.15, 0.2) is 0 Å². The van der Waals surface area contributed by atoms with Crippen molar-refractivity contribution in [3.8, 4) is 0 Å². The Hall–Kier alpha value is -1.31. The van der Waals surface area contributed by atoms with E-state index in [0.29, 0.717) is 12.1 Å². The van der Waals surface area contributed by atoms with Gasteiger partial charge in [-0.3, -0.25) is 10.1 Å². The molecular weight excluding hydrogens is 335 g/mol. The van der Waals surface area contributed by atoms with Crippen LogP contribution in [0.3, 0.4) is 0 Å². The first-order valence-electron chi connectivity index (χ1n) is 5.43. The normalized spacial score (nSPS) is 10.6. The van der Waals surface area contributed by atoms with Gasteiger partial charge in [-0.2, -0.15) is 0 Å². The second-order valence-corrected chi connectivity index (χ2v) is 5.68. The lowest BCUT2D eigenvalue weighted by Crippen LogP contribution is -2.13. The van der Waals surface area contributed by atoms with Crippen molar-refractivity contribution in [2.75, 3.05) is 0 Å². The maximum atomic E-state index is 13.1. The van der Waals surface area contributed by atoms with Crippen LogP contribution < -0.4 is 5.32 Å². The highest BCUT2D eigenvalue weighted by molar-refractivity contribution is 9.10. The molecule has 0 saturated carbocycles. The molecule has 1 aromatic heterocycles. The summed E-state index contributed by atoms with van der Waals surface area (Å²) in [5.41, 5.74) is 0.275. The molecule has 0 radical (unpaired) electrons. The number of nitro groups is 1. The summed E-state index contributed by atoms with van der Waals surface area (Å²) < 4.78 is 14.1. The average molecular weight is 345 g/mol. The molecule has 1 N–H and O–H groups in total. The summed E-state index contributed by atoms with van der Waals surface area (Å²) in [5, 5.41) is 15.9. The molecule has 0 bridgehead atoms. The van der Waals surface area contributed by atoms with Gasteiger partial charge in [0, 0.05) is 34.1 Å². The van der Waals surface area contributed by atoms with Gasteiger partial charge in [-0.15, -0.1) is 11.3 Å². The lowest BCUT2D eigenvalue weighted by atomic mass is 10.1. The van der Waals surface area contributed by atoms with E-state index in [0.717, 1.165) is 15.4 Å². The van der Waals surface area contributed by atoms with E-state index in [2.05, 4.69) is 21.2 Å². The van der Waals surface area contributed by atoms with Gasteiger partial charge >= 0.3 is 0 Å². The van der Waals surface area contributed by atoms with Crippen molar-refractivity contribution >= 4 is 33.0 Å². The third-order valence-corrected chi connectivity index (χ3v) is 4.46.